The average Bonchev–Trinajstić information content (AvgIpc) is 3.33. The zero-order valence-electron chi connectivity index (χ0n) is 17.2. The number of amides is 1. The average molecular weight is 496 g/mol. The van der Waals surface area contributed by atoms with Crippen molar-refractivity contribution in [3.8, 4) is 0 Å². The maximum absolute atomic E-state index is 12.4. The van der Waals surface area contributed by atoms with Crippen LogP contribution in [0.4, 0.5) is 0 Å². The van der Waals surface area contributed by atoms with E-state index in [0.29, 0.717) is 11.7 Å². The van der Waals surface area contributed by atoms with Gasteiger partial charge in [0.05, 0.1) is 0 Å². The number of fused-ring (bicyclic) bond motifs is 1. The lowest BCUT2D eigenvalue weighted by molar-refractivity contribution is -0.115. The number of nitrogens with zero attached hydrogens (tertiary/aromatic N) is 4. The number of pyridine rings is 1. The number of aromatic amines is 1. The smallest absolute Gasteiger partial charge is 0.276 e. The number of nitrogens with one attached hydrogen (secondary N) is 2. The van der Waals surface area contributed by atoms with Crippen molar-refractivity contribution in [1.82, 2.24) is 25.1 Å². The molecular formula is C22H25Cl3N6O. The van der Waals surface area contributed by atoms with Crippen molar-refractivity contribution in [2.45, 2.75) is 6.54 Å². The Morgan fingerprint density at radius 1 is 0.969 bits per heavy atom. The quantitative estimate of drug-likeness (QED) is 0.546. The molecular weight excluding hydrogens is 471 g/mol. The topological polar surface area (TPSA) is 76.6 Å². The first-order chi connectivity index (χ1) is 14.3. The van der Waals surface area contributed by atoms with Gasteiger partial charge in [0.1, 0.15) is 11.3 Å². The second-order valence-electron chi connectivity index (χ2n) is 7.31. The maximum atomic E-state index is 12.4. The summed E-state index contributed by atoms with van der Waals surface area (Å²) in [5, 5.41) is 3.90. The van der Waals surface area contributed by atoms with Gasteiger partial charge in [0.15, 0.2) is 0 Å². The summed E-state index contributed by atoms with van der Waals surface area (Å²) in [6, 6.07) is 14.4. The molecule has 1 aromatic carbocycles. The van der Waals surface area contributed by atoms with Gasteiger partial charge in [-0.1, -0.05) is 30.3 Å². The number of aromatic nitrogens is 2. The summed E-state index contributed by atoms with van der Waals surface area (Å²) in [7, 11) is 0. The Balaban J connectivity index is 0.00000121. The molecule has 0 radical (unpaired) electrons. The molecule has 2 N–H and O–H groups in total. The number of H-pyrrole nitrogens is 1. The molecule has 0 unspecified atom stereocenters. The van der Waals surface area contributed by atoms with Crippen LogP contribution in [-0.2, 0) is 11.3 Å². The van der Waals surface area contributed by atoms with Gasteiger partial charge < -0.3 is 9.88 Å². The van der Waals surface area contributed by atoms with Gasteiger partial charge in [-0.2, -0.15) is 0 Å². The van der Waals surface area contributed by atoms with Crippen LogP contribution in [0.3, 0.4) is 0 Å². The first-order valence-electron chi connectivity index (χ1n) is 9.81. The third-order valence-corrected chi connectivity index (χ3v) is 5.38. The highest BCUT2D eigenvalue weighted by atomic mass is 35.5. The summed E-state index contributed by atoms with van der Waals surface area (Å²) >= 11 is 0. The predicted molar refractivity (Wildman–Crippen MR) is 135 cm³/mol. The molecule has 5 rings (SSSR count). The summed E-state index contributed by atoms with van der Waals surface area (Å²) in [6.07, 6.45) is 5.41. The lowest BCUT2D eigenvalue weighted by Gasteiger charge is -2.35. The van der Waals surface area contributed by atoms with Crippen LogP contribution in [0.15, 0.2) is 65.5 Å². The van der Waals surface area contributed by atoms with Crippen molar-refractivity contribution in [3.05, 3.63) is 71.7 Å². The van der Waals surface area contributed by atoms with Gasteiger partial charge >= 0.3 is 0 Å². The lowest BCUT2D eigenvalue weighted by atomic mass is 10.2. The highest BCUT2D eigenvalue weighted by molar-refractivity contribution is 6.14. The van der Waals surface area contributed by atoms with E-state index in [4.69, 9.17) is 0 Å². The molecule has 0 bridgehead atoms. The zero-order chi connectivity index (χ0) is 19.6. The van der Waals surface area contributed by atoms with Crippen molar-refractivity contribution < 1.29 is 4.79 Å². The van der Waals surface area contributed by atoms with Crippen molar-refractivity contribution in [2.75, 3.05) is 26.2 Å². The van der Waals surface area contributed by atoms with Gasteiger partial charge in [-0.25, -0.2) is 9.98 Å². The van der Waals surface area contributed by atoms with Crippen LogP contribution in [0, 0.1) is 0 Å². The number of aliphatic imine (C=N–C) groups is 1. The monoisotopic (exact) mass is 494 g/mol. The third kappa shape index (κ3) is 5.42. The van der Waals surface area contributed by atoms with Crippen LogP contribution in [0.5, 0.6) is 0 Å². The molecule has 2 aliphatic rings. The van der Waals surface area contributed by atoms with Gasteiger partial charge in [0.25, 0.3) is 5.91 Å². The normalized spacial score (nSPS) is 17.2. The Bertz CT molecular complexity index is 1110. The molecule has 0 atom stereocenters. The summed E-state index contributed by atoms with van der Waals surface area (Å²) in [5.41, 5.74) is 3.47. The SMILES string of the molecule is Cl.Cl.Cl.O=C1NC(N2CCN(Cc3ccccc3)CC2)=N/C1=C\c1c[nH]c2ncccc12. The molecule has 170 valence electrons. The van der Waals surface area contributed by atoms with Crippen LogP contribution < -0.4 is 5.32 Å². The Morgan fingerprint density at radius 3 is 2.47 bits per heavy atom. The summed E-state index contributed by atoms with van der Waals surface area (Å²) in [5.74, 6) is 0.489. The van der Waals surface area contributed by atoms with E-state index in [2.05, 4.69) is 54.3 Å². The third-order valence-electron chi connectivity index (χ3n) is 5.38. The number of carbonyl (C=O) groups is 1. The van der Waals surface area contributed by atoms with Gasteiger partial charge in [-0.3, -0.25) is 15.0 Å². The van der Waals surface area contributed by atoms with Gasteiger partial charge in [0.2, 0.25) is 5.96 Å². The van der Waals surface area contributed by atoms with Crippen molar-refractivity contribution in [2.24, 2.45) is 4.99 Å². The molecule has 0 saturated carbocycles. The fourth-order valence-electron chi connectivity index (χ4n) is 3.81. The lowest BCUT2D eigenvalue weighted by Crippen LogP contribution is -2.51. The van der Waals surface area contributed by atoms with E-state index in [-0.39, 0.29) is 43.1 Å². The fraction of sp³-hybridized carbons (Fsp3) is 0.227. The summed E-state index contributed by atoms with van der Waals surface area (Å²) in [6.45, 7) is 4.52. The number of halogens is 3. The molecule has 2 aromatic heterocycles. The number of benzene rings is 1. The number of hydrogen-bond acceptors (Lipinski definition) is 5. The van der Waals surface area contributed by atoms with E-state index >= 15 is 0 Å². The van der Waals surface area contributed by atoms with Gasteiger partial charge in [-0.15, -0.1) is 37.2 Å². The van der Waals surface area contributed by atoms with E-state index in [0.717, 1.165) is 49.3 Å². The van der Waals surface area contributed by atoms with Crippen molar-refractivity contribution in [1.29, 1.82) is 0 Å². The second kappa shape index (κ2) is 11.3. The predicted octanol–water partition coefficient (Wildman–Crippen LogP) is 3.47. The molecule has 10 heteroatoms. The first kappa shape index (κ1) is 25.7. The minimum absolute atomic E-state index is 0. The second-order valence-corrected chi connectivity index (χ2v) is 7.31. The molecule has 0 aliphatic carbocycles. The zero-order valence-corrected chi connectivity index (χ0v) is 19.7. The maximum Gasteiger partial charge on any atom is 0.276 e. The number of hydrogen-bond donors (Lipinski definition) is 2. The molecule has 2 aliphatic heterocycles. The van der Waals surface area contributed by atoms with Crippen molar-refractivity contribution in [3.63, 3.8) is 0 Å². The minimum atomic E-state index is -0.162. The van der Waals surface area contributed by atoms with E-state index in [9.17, 15) is 4.79 Å². The van der Waals surface area contributed by atoms with Crippen molar-refractivity contribution >= 4 is 66.2 Å². The standard InChI is InChI=1S/C22H22N6O.3ClH/c29-21-19(13-17-14-24-20-18(17)7-4-8-23-20)25-22(26-21)28-11-9-27(10-12-28)15-16-5-2-1-3-6-16;;;/h1-8,13-14H,9-12,15H2,(H,23,24)(H,25,26,29);3*1H/b19-13-;;;. The first-order valence-corrected chi connectivity index (χ1v) is 9.81. The summed E-state index contributed by atoms with van der Waals surface area (Å²) in [4.78, 5) is 29.0. The molecule has 32 heavy (non-hydrogen) atoms. The molecule has 7 nitrogen and oxygen atoms in total. The Morgan fingerprint density at radius 2 is 1.72 bits per heavy atom. The molecule has 1 saturated heterocycles. The number of carbonyl (C=O) groups excluding carboxylic acids is 1. The Hall–Kier alpha value is -2.58. The highest BCUT2D eigenvalue weighted by Crippen LogP contribution is 2.21. The van der Waals surface area contributed by atoms with Crippen LogP contribution in [-0.4, -0.2) is 57.8 Å². The molecule has 1 fully saturated rings. The van der Waals surface area contributed by atoms with Gasteiger partial charge in [0, 0.05) is 56.1 Å². The van der Waals surface area contributed by atoms with Crippen LogP contribution in [0.2, 0.25) is 0 Å². The number of guanidine groups is 1. The minimum Gasteiger partial charge on any atom is -0.346 e. The Labute approximate surface area is 205 Å². The largest absolute Gasteiger partial charge is 0.346 e. The van der Waals surface area contributed by atoms with Crippen LogP contribution in [0.25, 0.3) is 17.1 Å². The molecule has 1 amide bonds. The molecule has 3 aromatic rings. The summed E-state index contributed by atoms with van der Waals surface area (Å²) < 4.78 is 0. The van der Waals surface area contributed by atoms with E-state index in [1.165, 1.54) is 5.56 Å². The highest BCUT2D eigenvalue weighted by Gasteiger charge is 2.27. The van der Waals surface area contributed by atoms with Gasteiger partial charge in [-0.05, 0) is 23.8 Å². The fourth-order valence-corrected chi connectivity index (χ4v) is 3.81. The van der Waals surface area contributed by atoms with Crippen LogP contribution >= 0.6 is 37.2 Å². The van der Waals surface area contributed by atoms with Crippen LogP contribution in [0.1, 0.15) is 11.1 Å². The number of piperazine rings is 1. The number of rotatable bonds is 3. The van der Waals surface area contributed by atoms with E-state index < -0.39 is 0 Å². The van der Waals surface area contributed by atoms with E-state index in [1.54, 1.807) is 6.20 Å². The Kier molecular flexibility index (Phi) is 9.09. The molecule has 0 spiro atoms. The van der Waals surface area contributed by atoms with E-state index in [1.807, 2.05) is 30.5 Å². The molecule has 4 heterocycles.